The van der Waals surface area contributed by atoms with Gasteiger partial charge in [0.2, 0.25) is 6.79 Å². The zero-order valence-corrected chi connectivity index (χ0v) is 16.1. The van der Waals surface area contributed by atoms with Crippen molar-refractivity contribution in [2.75, 3.05) is 25.2 Å². The lowest BCUT2D eigenvalue weighted by atomic mass is 9.93. The highest BCUT2D eigenvalue weighted by Gasteiger charge is 2.34. The second-order valence-corrected chi connectivity index (χ2v) is 8.09. The highest BCUT2D eigenvalue weighted by Crippen LogP contribution is 2.34. The third-order valence-electron chi connectivity index (χ3n) is 5.35. The Morgan fingerprint density at radius 1 is 1.11 bits per heavy atom. The number of carbonyl (C=O) groups is 1. The van der Waals surface area contributed by atoms with Crippen molar-refractivity contribution in [3.05, 3.63) is 76.0 Å². The molecule has 3 aromatic rings. The normalized spacial score (nSPS) is 19.9. The van der Waals surface area contributed by atoms with Gasteiger partial charge in [0.05, 0.1) is 6.54 Å². The van der Waals surface area contributed by atoms with Gasteiger partial charge in [-0.15, -0.1) is 11.3 Å². The molecule has 3 heterocycles. The Morgan fingerprint density at radius 3 is 2.86 bits per heavy atom. The van der Waals surface area contributed by atoms with E-state index in [1.165, 1.54) is 20.9 Å². The first kappa shape index (κ1) is 17.3. The third-order valence-corrected chi connectivity index (χ3v) is 6.35. The Morgan fingerprint density at radius 2 is 1.96 bits per heavy atom. The first-order valence-corrected chi connectivity index (χ1v) is 10.3. The molecule has 28 heavy (non-hydrogen) atoms. The van der Waals surface area contributed by atoms with Gasteiger partial charge >= 0.3 is 0 Å². The van der Waals surface area contributed by atoms with Crippen LogP contribution in [0.25, 0.3) is 0 Å². The molecule has 0 saturated carbocycles. The fourth-order valence-electron chi connectivity index (χ4n) is 4.09. The summed E-state index contributed by atoms with van der Waals surface area (Å²) in [6.45, 7) is 1.59. The average Bonchev–Trinajstić information content (AvgIpc) is 3.37. The van der Waals surface area contributed by atoms with Crippen LogP contribution in [0.4, 0.5) is 5.69 Å². The summed E-state index contributed by atoms with van der Waals surface area (Å²) in [4.78, 5) is 15.5. The smallest absolute Gasteiger partial charge is 0.279 e. The van der Waals surface area contributed by atoms with E-state index in [0.29, 0.717) is 18.0 Å². The molecule has 2 aromatic carbocycles. The molecule has 2 aliphatic rings. The molecule has 0 fully saturated rings. The van der Waals surface area contributed by atoms with Crippen LogP contribution in [0.1, 0.15) is 22.0 Å². The lowest BCUT2D eigenvalue weighted by Gasteiger charge is -2.32. The molecule has 0 radical (unpaired) electrons. The molecule has 1 aromatic heterocycles. The number of anilines is 1. The van der Waals surface area contributed by atoms with Crippen molar-refractivity contribution in [3.63, 3.8) is 0 Å². The number of quaternary nitrogens is 1. The van der Waals surface area contributed by atoms with Crippen molar-refractivity contribution < 1.29 is 19.2 Å². The minimum atomic E-state index is 0.00785. The van der Waals surface area contributed by atoms with Crippen LogP contribution in [0.15, 0.2) is 60.0 Å². The first-order valence-electron chi connectivity index (χ1n) is 9.43. The largest absolute Gasteiger partial charge is 0.454 e. The van der Waals surface area contributed by atoms with Crippen molar-refractivity contribution >= 4 is 22.9 Å². The molecule has 2 aliphatic heterocycles. The van der Waals surface area contributed by atoms with Gasteiger partial charge in [-0.3, -0.25) is 4.79 Å². The van der Waals surface area contributed by atoms with Gasteiger partial charge in [0.25, 0.3) is 5.91 Å². The van der Waals surface area contributed by atoms with E-state index in [1.54, 1.807) is 0 Å². The third kappa shape index (κ3) is 3.25. The van der Waals surface area contributed by atoms with Crippen LogP contribution >= 0.6 is 11.3 Å². The maximum atomic E-state index is 12.8. The van der Waals surface area contributed by atoms with E-state index in [4.69, 9.17) is 9.47 Å². The molecular weight excluding hydrogens is 372 g/mol. The fourth-order valence-corrected chi connectivity index (χ4v) is 5.01. The van der Waals surface area contributed by atoms with Crippen molar-refractivity contribution in [1.29, 1.82) is 0 Å². The van der Waals surface area contributed by atoms with Gasteiger partial charge in [-0.05, 0) is 23.6 Å². The van der Waals surface area contributed by atoms with Gasteiger partial charge in [-0.1, -0.05) is 30.3 Å². The number of thiophene rings is 1. The van der Waals surface area contributed by atoms with E-state index in [9.17, 15) is 4.79 Å². The van der Waals surface area contributed by atoms with E-state index < -0.39 is 0 Å². The van der Waals surface area contributed by atoms with Gasteiger partial charge in [0.1, 0.15) is 6.04 Å². The Labute approximate surface area is 167 Å². The standard InChI is InChI=1S/C22H20N2O3S/c25-21(23-16-6-7-18-19(12-16)27-14-26-18)13-24-10-8-20-17(9-11-28-20)22(24)15-4-2-1-3-5-15/h1-7,9,11-12,22H,8,10,13-14H2,(H,23,25)/p+1/t22-/m1/s1. The van der Waals surface area contributed by atoms with Crippen LogP contribution in [-0.2, 0) is 11.2 Å². The summed E-state index contributed by atoms with van der Waals surface area (Å²) in [5, 5.41) is 5.18. The summed E-state index contributed by atoms with van der Waals surface area (Å²) < 4.78 is 10.7. The van der Waals surface area contributed by atoms with Crippen molar-refractivity contribution in [3.8, 4) is 11.5 Å². The SMILES string of the molecule is O=C(C[NH+]1CCc2sccc2[C@H]1c1ccccc1)Nc1ccc2c(c1)OCO2. The quantitative estimate of drug-likeness (QED) is 0.717. The van der Waals surface area contributed by atoms with Crippen LogP contribution in [-0.4, -0.2) is 25.8 Å². The van der Waals surface area contributed by atoms with Gasteiger partial charge in [0, 0.05) is 34.2 Å². The molecule has 0 spiro atoms. The Bertz CT molecular complexity index is 1000. The fraction of sp³-hybridized carbons (Fsp3) is 0.227. The molecule has 1 amide bonds. The zero-order chi connectivity index (χ0) is 18.9. The minimum absolute atomic E-state index is 0.00785. The second kappa shape index (κ2) is 7.30. The number of hydrogen-bond acceptors (Lipinski definition) is 4. The number of ether oxygens (including phenoxy) is 2. The lowest BCUT2D eigenvalue weighted by molar-refractivity contribution is -0.919. The maximum absolute atomic E-state index is 12.8. The predicted octanol–water partition coefficient (Wildman–Crippen LogP) is 2.65. The molecule has 2 atom stereocenters. The minimum Gasteiger partial charge on any atom is -0.454 e. The van der Waals surface area contributed by atoms with E-state index in [2.05, 4.69) is 41.0 Å². The van der Waals surface area contributed by atoms with Gasteiger partial charge in [-0.2, -0.15) is 0 Å². The van der Waals surface area contributed by atoms with Crippen molar-refractivity contribution in [2.45, 2.75) is 12.5 Å². The summed E-state index contributed by atoms with van der Waals surface area (Å²) in [7, 11) is 0. The number of carbonyl (C=O) groups excluding carboxylic acids is 1. The first-order chi connectivity index (χ1) is 13.8. The molecule has 142 valence electrons. The number of hydrogen-bond donors (Lipinski definition) is 2. The highest BCUT2D eigenvalue weighted by atomic mass is 32.1. The summed E-state index contributed by atoms with van der Waals surface area (Å²) in [6.07, 6.45) is 1.02. The van der Waals surface area contributed by atoms with Crippen molar-refractivity contribution in [2.24, 2.45) is 0 Å². The summed E-state index contributed by atoms with van der Waals surface area (Å²) >= 11 is 1.82. The van der Waals surface area contributed by atoms with E-state index in [-0.39, 0.29) is 18.7 Å². The number of rotatable bonds is 4. The van der Waals surface area contributed by atoms with Crippen LogP contribution in [0.2, 0.25) is 0 Å². The predicted molar refractivity (Wildman–Crippen MR) is 108 cm³/mol. The average molecular weight is 393 g/mol. The van der Waals surface area contributed by atoms with Gasteiger partial charge in [0.15, 0.2) is 18.0 Å². The zero-order valence-electron chi connectivity index (χ0n) is 15.3. The van der Waals surface area contributed by atoms with E-state index >= 15 is 0 Å². The van der Waals surface area contributed by atoms with E-state index in [0.717, 1.165) is 18.7 Å². The molecule has 5 nitrogen and oxygen atoms in total. The molecule has 5 rings (SSSR count). The van der Waals surface area contributed by atoms with Crippen molar-refractivity contribution in [1.82, 2.24) is 0 Å². The molecular formula is C22H21N2O3S+. The summed E-state index contributed by atoms with van der Waals surface area (Å²) in [6, 6.07) is 18.4. The Kier molecular flexibility index (Phi) is 4.50. The molecule has 1 unspecified atom stereocenters. The maximum Gasteiger partial charge on any atom is 0.279 e. The molecule has 0 aliphatic carbocycles. The Balaban J connectivity index is 1.35. The number of benzene rings is 2. The van der Waals surface area contributed by atoms with Crippen LogP contribution in [0.5, 0.6) is 11.5 Å². The summed E-state index contributed by atoms with van der Waals surface area (Å²) in [5.41, 5.74) is 3.35. The van der Waals surface area contributed by atoms with Crippen LogP contribution in [0.3, 0.4) is 0 Å². The Hall–Kier alpha value is -2.83. The number of fused-ring (bicyclic) bond motifs is 2. The summed E-state index contributed by atoms with van der Waals surface area (Å²) in [5.74, 6) is 1.40. The molecule has 2 N–H and O–H groups in total. The number of nitrogens with one attached hydrogen (secondary N) is 2. The second-order valence-electron chi connectivity index (χ2n) is 7.09. The topological polar surface area (TPSA) is 52.0 Å². The lowest BCUT2D eigenvalue weighted by Crippen LogP contribution is -3.14. The number of amides is 1. The molecule has 6 heteroatoms. The monoisotopic (exact) mass is 393 g/mol. The van der Waals surface area contributed by atoms with Crippen LogP contribution < -0.4 is 19.7 Å². The molecule has 0 saturated heterocycles. The molecule has 0 bridgehead atoms. The van der Waals surface area contributed by atoms with E-state index in [1.807, 2.05) is 35.6 Å². The van der Waals surface area contributed by atoms with Crippen LogP contribution in [0, 0.1) is 0 Å². The van der Waals surface area contributed by atoms with Gasteiger partial charge < -0.3 is 19.7 Å². The van der Waals surface area contributed by atoms with Gasteiger partial charge in [-0.25, -0.2) is 0 Å². The highest BCUT2D eigenvalue weighted by molar-refractivity contribution is 7.10.